The normalized spacial score (nSPS) is 16.7. The van der Waals surface area contributed by atoms with Gasteiger partial charge in [-0.05, 0) is 164 Å². The van der Waals surface area contributed by atoms with E-state index in [0.717, 1.165) is 93.9 Å². The summed E-state index contributed by atoms with van der Waals surface area (Å²) in [5.41, 5.74) is 21.4. The van der Waals surface area contributed by atoms with Crippen molar-refractivity contribution in [3.63, 3.8) is 0 Å². The van der Waals surface area contributed by atoms with E-state index in [2.05, 4.69) is 285 Å². The topological polar surface area (TPSA) is 28.9 Å². The molecule has 0 amide bonds. The maximum absolute atomic E-state index is 7.58. The smallest absolute Gasteiger partial charge is 0.159 e. The minimum absolute atomic E-state index is 0.0767. The predicted octanol–water partition coefficient (Wildman–Crippen LogP) is 21.6. The lowest BCUT2D eigenvalue weighted by Gasteiger charge is -2.36. The van der Waals surface area contributed by atoms with Crippen LogP contribution in [0, 0.1) is 5.92 Å². The van der Waals surface area contributed by atoms with Crippen LogP contribution in [-0.4, -0.2) is 6.10 Å². The summed E-state index contributed by atoms with van der Waals surface area (Å²) in [7, 11) is 0. The van der Waals surface area contributed by atoms with E-state index < -0.39 is 5.41 Å². The number of furan rings is 1. The van der Waals surface area contributed by atoms with Gasteiger partial charge in [0.05, 0.1) is 28.4 Å². The van der Waals surface area contributed by atoms with Gasteiger partial charge in [0, 0.05) is 38.8 Å². The molecule has 406 valence electrons. The number of hydrogen-bond donors (Lipinski definition) is 0. The number of anilines is 6. The van der Waals surface area contributed by atoms with Crippen LogP contribution in [-0.2, 0) is 11.8 Å². The van der Waals surface area contributed by atoms with Gasteiger partial charge in [-0.15, -0.1) is 0 Å². The zero-order valence-corrected chi connectivity index (χ0v) is 47.7. The molecule has 3 atom stereocenters. The fraction of sp³-hybridized carbons (Fsp3) is 0.150. The lowest BCUT2D eigenvalue weighted by atomic mass is 9.67. The number of para-hydroxylation sites is 4. The van der Waals surface area contributed by atoms with Gasteiger partial charge in [0.1, 0.15) is 17.4 Å². The molecular weight excluding hydrogens is 1020 g/mol. The number of fused-ring (bicyclic) bond motifs is 14. The molecule has 16 rings (SSSR count). The van der Waals surface area contributed by atoms with E-state index in [4.69, 9.17) is 9.15 Å². The summed E-state index contributed by atoms with van der Waals surface area (Å²) >= 11 is 0. The lowest BCUT2D eigenvalue weighted by molar-refractivity contribution is 0.236. The number of benzene rings is 11. The fourth-order valence-electron chi connectivity index (χ4n) is 15.1. The first-order valence-electron chi connectivity index (χ1n) is 30.3. The first-order valence-corrected chi connectivity index (χ1v) is 30.3. The minimum atomic E-state index is -0.776. The highest BCUT2D eigenvalue weighted by molar-refractivity contribution is 6.22. The summed E-state index contributed by atoms with van der Waals surface area (Å²) in [5.74, 6) is 1.48. The number of aryl methyl sites for hydroxylation is 1. The molecule has 3 unspecified atom stereocenters. The Balaban J connectivity index is 0.959. The molecule has 1 aliphatic heterocycles. The molecule has 0 fully saturated rings. The number of hydrogen-bond acceptors (Lipinski definition) is 4. The van der Waals surface area contributed by atoms with E-state index in [1.165, 1.54) is 82.8 Å². The SMILES string of the molecule is CCCc1cc2ccccc2c2c1oc1c(N(c3ccccc3)c3ccc4c(c3)C(c3ccccc3)(c3ccccc3)c3cc(N(c5ccccc5)c5cccc6c5OC5C(C(C)CC)=CC7=C(C=CCC7)C65)c5ccccc5c3-4)cccc12. The van der Waals surface area contributed by atoms with Gasteiger partial charge in [0.25, 0.3) is 0 Å². The Morgan fingerprint density at radius 3 is 1.92 bits per heavy atom. The van der Waals surface area contributed by atoms with Crippen LogP contribution in [0.2, 0.25) is 0 Å². The summed E-state index contributed by atoms with van der Waals surface area (Å²) in [6, 6.07) is 88.0. The molecule has 12 aromatic rings. The third-order valence-electron chi connectivity index (χ3n) is 18.9. The molecule has 1 aromatic heterocycles. The molecule has 3 aliphatic carbocycles. The Kier molecular flexibility index (Phi) is 12.0. The van der Waals surface area contributed by atoms with Gasteiger partial charge < -0.3 is 19.0 Å². The Labute approximate surface area is 491 Å². The van der Waals surface area contributed by atoms with Crippen molar-refractivity contribution in [1.82, 2.24) is 0 Å². The monoisotopic (exact) mass is 1080 g/mol. The first-order chi connectivity index (χ1) is 41.5. The Hall–Kier alpha value is -9.64. The lowest BCUT2D eigenvalue weighted by Crippen LogP contribution is -2.30. The molecule has 2 heterocycles. The van der Waals surface area contributed by atoms with Gasteiger partial charge in [-0.2, -0.15) is 0 Å². The summed E-state index contributed by atoms with van der Waals surface area (Å²) in [6.45, 7) is 6.94. The predicted molar refractivity (Wildman–Crippen MR) is 349 cm³/mol. The van der Waals surface area contributed by atoms with Gasteiger partial charge in [-0.3, -0.25) is 0 Å². The van der Waals surface area contributed by atoms with E-state index >= 15 is 0 Å². The maximum Gasteiger partial charge on any atom is 0.159 e. The van der Waals surface area contributed by atoms with Gasteiger partial charge >= 0.3 is 0 Å². The van der Waals surface area contributed by atoms with Crippen LogP contribution in [0.3, 0.4) is 0 Å². The van der Waals surface area contributed by atoms with Crippen LogP contribution in [0.15, 0.2) is 276 Å². The Morgan fingerprint density at radius 1 is 0.548 bits per heavy atom. The van der Waals surface area contributed by atoms with E-state index in [0.29, 0.717) is 5.92 Å². The highest BCUT2D eigenvalue weighted by Crippen LogP contribution is 2.62. The zero-order valence-electron chi connectivity index (χ0n) is 47.7. The van der Waals surface area contributed by atoms with Gasteiger partial charge in [0.15, 0.2) is 5.58 Å². The summed E-state index contributed by atoms with van der Waals surface area (Å²) in [6.07, 6.45) is 12.3. The Morgan fingerprint density at radius 2 is 1.19 bits per heavy atom. The van der Waals surface area contributed by atoms with Crippen molar-refractivity contribution < 1.29 is 9.15 Å². The van der Waals surface area contributed by atoms with E-state index in [1.54, 1.807) is 0 Å². The quantitative estimate of drug-likeness (QED) is 0.122. The van der Waals surface area contributed by atoms with Crippen molar-refractivity contribution in [3.05, 3.63) is 305 Å². The molecule has 0 saturated heterocycles. The molecule has 0 radical (unpaired) electrons. The van der Waals surface area contributed by atoms with Gasteiger partial charge in [0.2, 0.25) is 0 Å². The van der Waals surface area contributed by atoms with Crippen molar-refractivity contribution in [2.45, 2.75) is 70.3 Å². The molecule has 0 N–H and O–H groups in total. The van der Waals surface area contributed by atoms with Crippen LogP contribution in [0.5, 0.6) is 5.75 Å². The average molecular weight is 1090 g/mol. The van der Waals surface area contributed by atoms with Crippen molar-refractivity contribution in [2.75, 3.05) is 9.80 Å². The van der Waals surface area contributed by atoms with Crippen LogP contribution in [0.4, 0.5) is 34.1 Å². The van der Waals surface area contributed by atoms with Crippen molar-refractivity contribution in [1.29, 1.82) is 0 Å². The summed E-state index contributed by atoms with van der Waals surface area (Å²) in [4.78, 5) is 4.93. The molecule has 4 nitrogen and oxygen atoms in total. The number of nitrogens with zero attached hydrogens (tertiary/aromatic N) is 2. The first kappa shape index (κ1) is 50.1. The number of allylic oxidation sites excluding steroid dienone is 4. The molecule has 0 spiro atoms. The van der Waals surface area contributed by atoms with Crippen molar-refractivity contribution >= 4 is 77.6 Å². The average Bonchev–Trinajstić information content (AvgIpc) is 1.56. The molecule has 84 heavy (non-hydrogen) atoms. The van der Waals surface area contributed by atoms with Crippen LogP contribution in [0.25, 0.3) is 54.6 Å². The highest BCUT2D eigenvalue weighted by atomic mass is 16.5. The highest BCUT2D eigenvalue weighted by Gasteiger charge is 2.49. The number of ether oxygens (including phenoxy) is 1. The second kappa shape index (κ2) is 20.1. The van der Waals surface area contributed by atoms with E-state index in [9.17, 15) is 0 Å². The zero-order chi connectivity index (χ0) is 56.0. The Bertz CT molecular complexity index is 4630. The molecule has 11 aromatic carbocycles. The molecular formula is C80H64N2O2. The molecule has 0 bridgehead atoms. The van der Waals surface area contributed by atoms with Gasteiger partial charge in [-0.1, -0.05) is 221 Å². The minimum Gasteiger partial charge on any atom is -0.483 e. The molecule has 4 heteroatoms. The summed E-state index contributed by atoms with van der Waals surface area (Å²) < 4.78 is 14.9. The standard InChI is InChI=1S/C80H64N2O2/c1-4-26-54-47-52-27-18-20-37-60(52)74-65-41-24-43-70(77(65)83-76(54)74)81(57-33-14-8-15-34-57)59-45-46-64-68(49-59)80(55-29-10-6-11-30-55,56-31-12-7-13-32-56)69-50-72(62-39-22-23-40-63(62)73(64)69)82(58-35-16-9-17-36-58)71-44-25-42-66-75-61-38-21-19-28-53(61)48-67(51(3)5-2)79(75)84-78(66)71/h6-18,20-25,27,29-51,75,79H,4-5,19,26,28H2,1-3H3. The van der Waals surface area contributed by atoms with Crippen LogP contribution in [0.1, 0.15) is 85.8 Å². The second-order valence-corrected chi connectivity index (χ2v) is 23.5. The van der Waals surface area contributed by atoms with Crippen molar-refractivity contribution in [2.24, 2.45) is 5.92 Å². The van der Waals surface area contributed by atoms with Crippen molar-refractivity contribution in [3.8, 4) is 16.9 Å². The summed E-state index contributed by atoms with van der Waals surface area (Å²) in [5, 5.41) is 7.10. The van der Waals surface area contributed by atoms with Gasteiger partial charge in [-0.25, -0.2) is 0 Å². The third kappa shape index (κ3) is 7.52. The van der Waals surface area contributed by atoms with Crippen LogP contribution < -0.4 is 14.5 Å². The molecule has 4 aliphatic rings. The molecule has 0 saturated carbocycles. The third-order valence-corrected chi connectivity index (χ3v) is 18.9. The number of rotatable bonds is 12. The van der Waals surface area contributed by atoms with E-state index in [-0.39, 0.29) is 12.0 Å². The largest absolute Gasteiger partial charge is 0.483 e. The fourth-order valence-corrected chi connectivity index (χ4v) is 15.1. The maximum atomic E-state index is 7.58. The second-order valence-electron chi connectivity index (χ2n) is 23.5. The van der Waals surface area contributed by atoms with E-state index in [1.807, 2.05) is 0 Å². The van der Waals surface area contributed by atoms with Crippen LogP contribution >= 0.6 is 0 Å².